The third kappa shape index (κ3) is 6.29. The average molecular weight is 513 g/mol. The highest BCUT2D eigenvalue weighted by Crippen LogP contribution is 2.29. The van der Waals surface area contributed by atoms with Gasteiger partial charge in [0.15, 0.2) is 0 Å². The summed E-state index contributed by atoms with van der Waals surface area (Å²) in [4.78, 5) is 11.0. The van der Waals surface area contributed by atoms with Crippen LogP contribution in [0, 0.1) is 0 Å². The van der Waals surface area contributed by atoms with E-state index in [9.17, 15) is 31.1 Å². The molecule has 0 aliphatic heterocycles. The van der Waals surface area contributed by atoms with Gasteiger partial charge in [0.25, 0.3) is 0 Å². The molecule has 0 fully saturated rings. The third-order valence-electron chi connectivity index (χ3n) is 5.01. The smallest absolute Gasteiger partial charge is 0.487 e. The van der Waals surface area contributed by atoms with Crippen molar-refractivity contribution in [1.29, 1.82) is 0 Å². The van der Waals surface area contributed by atoms with E-state index in [4.69, 9.17) is 9.84 Å². The number of rotatable bonds is 8. The zero-order valence-corrected chi connectivity index (χ0v) is 18.2. The molecule has 0 bridgehead atoms. The number of hydrogen-bond acceptors (Lipinski definition) is 4. The maximum Gasteiger partial charge on any atom is 0.573 e. The van der Waals surface area contributed by atoms with Crippen molar-refractivity contribution in [2.24, 2.45) is 0 Å². The lowest BCUT2D eigenvalue weighted by Gasteiger charge is -2.11. The highest BCUT2D eigenvalue weighted by atomic mass is 19.4. The van der Waals surface area contributed by atoms with Gasteiger partial charge in [0.1, 0.15) is 31.2 Å². The molecule has 0 atom stereocenters. The van der Waals surface area contributed by atoms with Crippen LogP contribution in [0.2, 0.25) is 0 Å². The normalized spacial score (nSPS) is 12.2. The molecule has 0 aliphatic carbocycles. The first-order valence-corrected chi connectivity index (χ1v) is 10.3. The van der Waals surface area contributed by atoms with Crippen molar-refractivity contribution in [3.63, 3.8) is 0 Å². The Labute approximate surface area is 199 Å². The second-order valence-electron chi connectivity index (χ2n) is 7.71. The maximum atomic E-state index is 13.1. The third-order valence-corrected chi connectivity index (χ3v) is 5.01. The number of benzene rings is 2. The molecule has 0 aliphatic rings. The van der Waals surface area contributed by atoms with Gasteiger partial charge in [0.2, 0.25) is 0 Å². The Morgan fingerprint density at radius 3 is 2.28 bits per heavy atom. The van der Waals surface area contributed by atoms with Gasteiger partial charge in [-0.15, -0.1) is 13.2 Å². The summed E-state index contributed by atoms with van der Waals surface area (Å²) in [6.07, 6.45) is -7.87. The predicted octanol–water partition coefficient (Wildman–Crippen LogP) is 5.63. The van der Waals surface area contributed by atoms with E-state index in [1.807, 2.05) is 0 Å². The molecule has 7 nitrogen and oxygen atoms in total. The lowest BCUT2D eigenvalue weighted by atomic mass is 10.1. The Balaban J connectivity index is 1.57. The number of ether oxygens (including phenoxy) is 2. The van der Waals surface area contributed by atoms with Gasteiger partial charge >= 0.3 is 18.5 Å². The van der Waals surface area contributed by atoms with E-state index in [1.165, 1.54) is 22.8 Å². The molecule has 0 amide bonds. The maximum absolute atomic E-state index is 13.1. The minimum absolute atomic E-state index is 0.0685. The van der Waals surface area contributed by atoms with Crippen molar-refractivity contribution in [2.75, 3.05) is 0 Å². The van der Waals surface area contributed by atoms with Crippen LogP contribution in [0.15, 0.2) is 60.8 Å². The number of nitrogens with zero attached hydrogens (tertiary/aromatic N) is 3. The molecular formula is C23H17F6N3O4. The van der Waals surface area contributed by atoms with Crippen molar-refractivity contribution in [3.8, 4) is 22.8 Å². The molecule has 2 aromatic heterocycles. The van der Waals surface area contributed by atoms with Crippen molar-refractivity contribution in [1.82, 2.24) is 14.3 Å². The number of carboxylic acid groups (broad SMARTS) is 1. The van der Waals surface area contributed by atoms with Gasteiger partial charge in [-0.2, -0.15) is 18.3 Å². The minimum atomic E-state index is -4.88. The zero-order valence-electron chi connectivity index (χ0n) is 18.2. The van der Waals surface area contributed by atoms with Crippen LogP contribution < -0.4 is 9.47 Å². The molecule has 2 aromatic carbocycles. The van der Waals surface area contributed by atoms with E-state index in [0.717, 1.165) is 17.5 Å². The Morgan fingerprint density at radius 1 is 0.944 bits per heavy atom. The molecule has 4 rings (SSSR count). The molecule has 190 valence electrons. The first-order chi connectivity index (χ1) is 16.9. The minimum Gasteiger partial charge on any atom is -0.487 e. The van der Waals surface area contributed by atoms with Gasteiger partial charge in [-0.05, 0) is 53.9 Å². The number of aromatic nitrogens is 3. The van der Waals surface area contributed by atoms with Gasteiger partial charge < -0.3 is 19.1 Å². The average Bonchev–Trinajstić information content (AvgIpc) is 3.34. The fourth-order valence-electron chi connectivity index (χ4n) is 3.54. The number of carbonyl (C=O) groups is 1. The summed E-state index contributed by atoms with van der Waals surface area (Å²) in [6, 6.07) is 12.5. The summed E-state index contributed by atoms with van der Waals surface area (Å²) in [7, 11) is 0. The Morgan fingerprint density at radius 2 is 1.64 bits per heavy atom. The quantitative estimate of drug-likeness (QED) is 0.309. The molecular weight excluding hydrogens is 496 g/mol. The van der Waals surface area contributed by atoms with Crippen LogP contribution in [-0.2, 0) is 24.5 Å². The number of halogens is 6. The fraction of sp³-hybridized carbons (Fsp3) is 0.217. The van der Waals surface area contributed by atoms with Crippen LogP contribution in [0.5, 0.6) is 11.5 Å². The van der Waals surface area contributed by atoms with E-state index < -0.39 is 30.8 Å². The molecule has 0 radical (unpaired) electrons. The monoisotopic (exact) mass is 513 g/mol. The summed E-state index contributed by atoms with van der Waals surface area (Å²) >= 11 is 0. The van der Waals surface area contributed by atoms with E-state index in [0.29, 0.717) is 15.9 Å². The summed E-state index contributed by atoms with van der Waals surface area (Å²) in [6.45, 7) is -1.98. The van der Waals surface area contributed by atoms with E-state index >= 15 is 0 Å². The first kappa shape index (κ1) is 24.9. The van der Waals surface area contributed by atoms with Gasteiger partial charge in [0, 0.05) is 17.8 Å². The molecule has 13 heteroatoms. The second-order valence-corrected chi connectivity index (χ2v) is 7.71. The number of carboxylic acids is 1. The second kappa shape index (κ2) is 9.47. The van der Waals surface area contributed by atoms with Crippen LogP contribution in [0.4, 0.5) is 26.3 Å². The highest BCUT2D eigenvalue weighted by Gasteiger charge is 2.31. The highest BCUT2D eigenvalue weighted by molar-refractivity contribution is 5.83. The van der Waals surface area contributed by atoms with Crippen LogP contribution in [0.3, 0.4) is 0 Å². The molecule has 0 saturated carbocycles. The molecule has 36 heavy (non-hydrogen) atoms. The van der Waals surface area contributed by atoms with E-state index in [-0.39, 0.29) is 30.1 Å². The van der Waals surface area contributed by atoms with Gasteiger partial charge in [-0.1, -0.05) is 0 Å². The predicted molar refractivity (Wildman–Crippen MR) is 114 cm³/mol. The summed E-state index contributed by atoms with van der Waals surface area (Å²) < 4.78 is 88.1. The van der Waals surface area contributed by atoms with Crippen LogP contribution in [0.25, 0.3) is 22.2 Å². The lowest BCUT2D eigenvalue weighted by molar-refractivity contribution is -0.274. The van der Waals surface area contributed by atoms with Gasteiger partial charge in [0.05, 0.1) is 16.9 Å². The van der Waals surface area contributed by atoms with Crippen molar-refractivity contribution in [2.45, 2.75) is 32.2 Å². The number of fused-ring (bicyclic) bond motifs is 1. The Bertz CT molecular complexity index is 1370. The number of alkyl halides is 6. The summed E-state index contributed by atoms with van der Waals surface area (Å²) in [5.41, 5.74) is 1.02. The molecule has 0 spiro atoms. The SMILES string of the molecule is O=C(O)Cn1ccc2ccc(OCc3cc(-c4ccc(OC(F)(F)F)cc4)nn3CC(F)(F)F)cc21. The summed E-state index contributed by atoms with van der Waals surface area (Å²) in [5.74, 6) is -1.23. The Hall–Kier alpha value is -4.16. The van der Waals surface area contributed by atoms with E-state index in [1.54, 1.807) is 30.5 Å². The van der Waals surface area contributed by atoms with Gasteiger partial charge in [-0.25, -0.2) is 0 Å². The molecule has 0 saturated heterocycles. The van der Waals surface area contributed by atoms with Crippen LogP contribution >= 0.6 is 0 Å². The van der Waals surface area contributed by atoms with Crippen molar-refractivity contribution >= 4 is 16.9 Å². The first-order valence-electron chi connectivity index (χ1n) is 10.3. The molecule has 4 aromatic rings. The largest absolute Gasteiger partial charge is 0.573 e. The Kier molecular flexibility index (Phi) is 6.57. The summed E-state index contributed by atoms with van der Waals surface area (Å²) in [5, 5.41) is 13.8. The van der Waals surface area contributed by atoms with Crippen molar-refractivity contribution in [3.05, 3.63) is 66.5 Å². The zero-order chi connectivity index (χ0) is 26.1. The van der Waals surface area contributed by atoms with Crippen LogP contribution in [0.1, 0.15) is 5.69 Å². The fourth-order valence-corrected chi connectivity index (χ4v) is 3.54. The number of aliphatic carboxylic acids is 1. The van der Waals surface area contributed by atoms with E-state index in [2.05, 4.69) is 9.84 Å². The molecule has 2 heterocycles. The molecule has 0 unspecified atom stereocenters. The lowest BCUT2D eigenvalue weighted by Crippen LogP contribution is -2.21. The van der Waals surface area contributed by atoms with Crippen molar-refractivity contribution < 1.29 is 45.7 Å². The molecule has 1 N–H and O–H groups in total. The number of hydrogen-bond donors (Lipinski definition) is 1. The standard InChI is InChI=1S/C23H17F6N3O4/c24-22(25,26)13-32-16(9-19(30-32)14-1-4-17(5-2-14)36-23(27,28)29)12-35-18-6-3-15-7-8-31(11-21(33)34)20(15)10-18/h1-10H,11-13H2,(H,33,34). The van der Waals surface area contributed by atoms with Gasteiger partial charge in [-0.3, -0.25) is 9.48 Å². The topological polar surface area (TPSA) is 78.5 Å². The van der Waals surface area contributed by atoms with Crippen LogP contribution in [-0.4, -0.2) is 38.0 Å².